The van der Waals surface area contributed by atoms with Crippen molar-refractivity contribution in [3.05, 3.63) is 10.6 Å². The third-order valence-corrected chi connectivity index (χ3v) is 13.6. The summed E-state index contributed by atoms with van der Waals surface area (Å²) in [5.41, 5.74) is 2.28. The quantitative estimate of drug-likeness (QED) is 0.234. The zero-order chi connectivity index (χ0) is 19.5. The van der Waals surface area contributed by atoms with Gasteiger partial charge < -0.3 is 0 Å². The second-order valence-electron chi connectivity index (χ2n) is 8.71. The number of thioether (sulfide) groups is 1. The molecule has 0 amide bonds. The summed E-state index contributed by atoms with van der Waals surface area (Å²) in [6.45, 7) is 16.3. The second kappa shape index (κ2) is 10.4. The molecule has 1 heterocycles. The molecule has 0 bridgehead atoms. The molecule has 0 aromatic carbocycles. The van der Waals surface area contributed by atoms with Crippen molar-refractivity contribution in [2.24, 2.45) is 29.1 Å². The van der Waals surface area contributed by atoms with Crippen molar-refractivity contribution in [3.8, 4) is 0 Å². The first-order valence-electron chi connectivity index (χ1n) is 10.4. The first-order valence-corrected chi connectivity index (χ1v) is 18.1. The molecular formula is C22H41I2NS-2. The monoisotopic (exact) mass is 605 g/mol. The maximum absolute atomic E-state index is 2.87. The van der Waals surface area contributed by atoms with Gasteiger partial charge in [0.15, 0.2) is 0 Å². The van der Waals surface area contributed by atoms with Crippen LogP contribution in [-0.4, -0.2) is 35.5 Å². The van der Waals surface area contributed by atoms with Crippen LogP contribution < -0.4 is 42.4 Å². The number of nitrogens with zero attached hydrogens (tertiary/aromatic N) is 1. The Kier molecular flexibility index (Phi) is 9.45. The summed E-state index contributed by atoms with van der Waals surface area (Å²) < 4.78 is 3.77. The van der Waals surface area contributed by atoms with Gasteiger partial charge in [0.25, 0.3) is 0 Å². The number of halogens is 2. The van der Waals surface area contributed by atoms with Crippen LogP contribution in [0.5, 0.6) is 0 Å². The molecule has 2 aliphatic rings. The first kappa shape index (κ1) is 23.6. The summed E-state index contributed by atoms with van der Waals surface area (Å²) in [7, 11) is 0. The molecule has 4 heteroatoms. The van der Waals surface area contributed by atoms with Crippen LogP contribution >= 0.6 is 11.8 Å². The zero-order valence-corrected chi connectivity index (χ0v) is 23.4. The zero-order valence-electron chi connectivity index (χ0n) is 18.2. The van der Waals surface area contributed by atoms with E-state index in [4.69, 9.17) is 0 Å². The van der Waals surface area contributed by atoms with Crippen LogP contribution in [0.25, 0.3) is 0 Å². The predicted molar refractivity (Wildman–Crippen MR) is 111 cm³/mol. The first-order chi connectivity index (χ1) is 12.3. The molecule has 2 rings (SSSR count). The molecule has 6 atom stereocenters. The van der Waals surface area contributed by atoms with Crippen molar-refractivity contribution in [2.45, 2.75) is 64.9 Å². The van der Waals surface area contributed by atoms with Gasteiger partial charge in [-0.25, -0.2) is 0 Å². The molecule has 0 N–H and O–H groups in total. The van der Waals surface area contributed by atoms with Crippen LogP contribution in [-0.2, 0) is 0 Å². The van der Waals surface area contributed by atoms with Crippen LogP contribution in [0.1, 0.15) is 60.8 Å². The number of hydrogen-bond donors (Lipinski definition) is 0. The average Bonchev–Trinajstić information content (AvgIpc) is 2.76. The fourth-order valence-corrected chi connectivity index (χ4v) is 12.8. The van der Waals surface area contributed by atoms with Gasteiger partial charge in [-0.15, -0.1) is 0 Å². The molecule has 1 saturated carbocycles. The third-order valence-electron chi connectivity index (χ3n) is 7.25. The molecule has 0 saturated heterocycles. The Morgan fingerprint density at radius 3 is 2.46 bits per heavy atom. The van der Waals surface area contributed by atoms with Crippen molar-refractivity contribution >= 4 is 11.8 Å². The minimum atomic E-state index is 0.241. The van der Waals surface area contributed by atoms with Crippen molar-refractivity contribution in [1.29, 1.82) is 0 Å². The van der Waals surface area contributed by atoms with Gasteiger partial charge in [-0.05, 0) is 0 Å². The molecular weight excluding hydrogens is 564 g/mol. The fraction of sp³-hybridized carbons (Fsp3) is 0.909. The molecule has 0 aromatic rings. The average molecular weight is 605 g/mol. The van der Waals surface area contributed by atoms with Crippen molar-refractivity contribution in [2.75, 3.05) is 26.6 Å². The Morgan fingerprint density at radius 1 is 1.23 bits per heavy atom. The van der Waals surface area contributed by atoms with Gasteiger partial charge in [-0.2, -0.15) is 0 Å². The van der Waals surface area contributed by atoms with E-state index in [2.05, 4.69) is 69.4 Å². The van der Waals surface area contributed by atoms with E-state index in [-0.39, 0.29) is 21.2 Å². The molecule has 1 fully saturated rings. The van der Waals surface area contributed by atoms with E-state index in [0.29, 0.717) is 26.6 Å². The molecule has 1 aliphatic carbocycles. The van der Waals surface area contributed by atoms with Gasteiger partial charge in [0.05, 0.1) is 0 Å². The van der Waals surface area contributed by atoms with Gasteiger partial charge in [-0.1, -0.05) is 0 Å². The van der Waals surface area contributed by atoms with E-state index in [1.165, 1.54) is 34.7 Å². The number of alkyl halides is 4. The van der Waals surface area contributed by atoms with Crippen LogP contribution in [0, 0.1) is 29.1 Å². The van der Waals surface area contributed by atoms with E-state index in [0.717, 1.165) is 27.7 Å². The maximum atomic E-state index is 2.87. The summed E-state index contributed by atoms with van der Waals surface area (Å²) in [6.07, 6.45) is 6.59. The number of allylic oxidation sites excluding steroid dienone is 2. The van der Waals surface area contributed by atoms with E-state index in [9.17, 15) is 0 Å². The van der Waals surface area contributed by atoms with Gasteiger partial charge in [0.2, 0.25) is 0 Å². The molecule has 26 heavy (non-hydrogen) atoms. The Hall–Kier alpha value is 1.35. The van der Waals surface area contributed by atoms with Crippen LogP contribution in [0.15, 0.2) is 10.6 Å². The van der Waals surface area contributed by atoms with Crippen LogP contribution in [0.3, 0.4) is 0 Å². The van der Waals surface area contributed by atoms with Crippen molar-refractivity contribution in [1.82, 2.24) is 4.90 Å². The molecule has 1 aliphatic heterocycles. The van der Waals surface area contributed by atoms with Crippen molar-refractivity contribution < 1.29 is 42.4 Å². The van der Waals surface area contributed by atoms with Gasteiger partial charge in [0.1, 0.15) is 0 Å². The Balaban J connectivity index is 2.50. The van der Waals surface area contributed by atoms with E-state index < -0.39 is 0 Å². The molecule has 0 aromatic heterocycles. The molecule has 1 nitrogen and oxygen atoms in total. The fourth-order valence-electron chi connectivity index (χ4n) is 5.22. The second-order valence-corrected chi connectivity index (χ2v) is 15.0. The van der Waals surface area contributed by atoms with E-state index in [1.807, 2.05) is 0 Å². The SMILES string of the molecule is CCC1[I-]C[C@H]([C@@]2(C)C[C@H](C)[C@H](C)C[C@@H]2C)C(SC)=C(C[I-]C)N1CC. The Bertz CT molecular complexity index is 495. The van der Waals surface area contributed by atoms with Crippen molar-refractivity contribution in [3.63, 3.8) is 0 Å². The van der Waals surface area contributed by atoms with Gasteiger partial charge in [-0.3, -0.25) is 0 Å². The normalized spacial score (nSPS) is 39.7. The van der Waals surface area contributed by atoms with E-state index >= 15 is 0 Å². The third kappa shape index (κ3) is 4.73. The topological polar surface area (TPSA) is 3.24 Å². The van der Waals surface area contributed by atoms with Gasteiger partial charge in [0, 0.05) is 0 Å². The molecule has 156 valence electrons. The minimum absolute atomic E-state index is 0.241. The Morgan fingerprint density at radius 2 is 1.92 bits per heavy atom. The molecule has 0 spiro atoms. The number of hydrogen-bond acceptors (Lipinski definition) is 2. The summed E-state index contributed by atoms with van der Waals surface area (Å²) in [5.74, 6) is 3.46. The predicted octanol–water partition coefficient (Wildman–Crippen LogP) is -0.235. The Labute approximate surface area is 188 Å². The summed E-state index contributed by atoms with van der Waals surface area (Å²) >= 11 is 2.65. The van der Waals surface area contributed by atoms with Crippen LogP contribution in [0.4, 0.5) is 0 Å². The van der Waals surface area contributed by atoms with Crippen LogP contribution in [0.2, 0.25) is 0 Å². The molecule has 1 unspecified atom stereocenters. The summed E-state index contributed by atoms with van der Waals surface area (Å²) in [5, 5.41) is 0. The molecule has 0 radical (unpaired) electrons. The summed E-state index contributed by atoms with van der Waals surface area (Å²) in [6, 6.07) is 0. The number of rotatable bonds is 6. The standard InChI is InChI=1S/C22H41I2NS/c1-9-20-24-13-18(21(26-8)19(14-23-7)25(20)10-2)22(6)12-16(4)15(3)11-17(22)5/h15-18,20H,9-14H2,1-8H3/q-2/t15-,16+,17+,18+,20?,22+/m1/s1. The van der Waals surface area contributed by atoms with E-state index in [1.54, 1.807) is 10.6 Å². The van der Waals surface area contributed by atoms with Gasteiger partial charge >= 0.3 is 190 Å². The summed E-state index contributed by atoms with van der Waals surface area (Å²) in [4.78, 5) is 7.15.